The average molecular weight is 216 g/mol. The molecule has 16 heavy (non-hydrogen) atoms. The fourth-order valence-corrected chi connectivity index (χ4v) is 2.20. The number of rotatable bonds is 0. The molecule has 1 aromatic rings. The summed E-state index contributed by atoms with van der Waals surface area (Å²) in [5.41, 5.74) is 0.548. The number of nitrogens with one attached hydrogen (secondary N) is 1. The fourth-order valence-electron chi connectivity index (χ4n) is 2.20. The number of anilines is 1. The van der Waals surface area contributed by atoms with Crippen molar-refractivity contribution in [3.05, 3.63) is 17.8 Å². The third-order valence-corrected chi connectivity index (χ3v) is 3.02. The predicted molar refractivity (Wildman–Crippen MR) is 58.5 cm³/mol. The van der Waals surface area contributed by atoms with E-state index in [0.29, 0.717) is 18.2 Å². The quantitative estimate of drug-likeness (QED) is 0.667. The van der Waals surface area contributed by atoms with E-state index >= 15 is 0 Å². The van der Waals surface area contributed by atoms with E-state index in [1.165, 1.54) is 0 Å². The lowest BCUT2D eigenvalue weighted by molar-refractivity contribution is 0.244. The van der Waals surface area contributed by atoms with Crippen LogP contribution >= 0.6 is 0 Å². The Hall–Kier alpha value is -1.80. The summed E-state index contributed by atoms with van der Waals surface area (Å²) in [6.45, 7) is 3.51. The van der Waals surface area contributed by atoms with Crippen LogP contribution in [0.3, 0.4) is 0 Å². The van der Waals surface area contributed by atoms with Gasteiger partial charge in [-0.25, -0.2) is 4.98 Å². The van der Waals surface area contributed by atoms with Crippen molar-refractivity contribution >= 4 is 5.82 Å². The van der Waals surface area contributed by atoms with Crippen LogP contribution < -0.4 is 15.0 Å². The van der Waals surface area contributed by atoms with Gasteiger partial charge in [-0.1, -0.05) is 0 Å². The Balaban J connectivity index is 1.99. The zero-order valence-corrected chi connectivity index (χ0v) is 8.81. The Morgan fingerprint density at radius 3 is 3.44 bits per heavy atom. The van der Waals surface area contributed by atoms with E-state index in [2.05, 4.69) is 21.3 Å². The number of fused-ring (bicyclic) bond motifs is 3. The summed E-state index contributed by atoms with van der Waals surface area (Å²) in [7, 11) is 0. The highest BCUT2D eigenvalue weighted by Crippen LogP contribution is 2.32. The normalized spacial score (nSPS) is 22.7. The van der Waals surface area contributed by atoms with Gasteiger partial charge in [0, 0.05) is 31.9 Å². The van der Waals surface area contributed by atoms with Gasteiger partial charge in [0.05, 0.1) is 11.6 Å². The second kappa shape index (κ2) is 3.65. The molecule has 3 heterocycles. The fraction of sp³-hybridized carbons (Fsp3) is 0.455. The van der Waals surface area contributed by atoms with E-state index in [1.54, 1.807) is 12.3 Å². The summed E-state index contributed by atoms with van der Waals surface area (Å²) in [6.07, 6.45) is 1.60. The molecule has 1 aromatic heterocycles. The van der Waals surface area contributed by atoms with Crippen molar-refractivity contribution in [3.8, 4) is 11.8 Å². The maximum atomic E-state index is 8.80. The Bertz CT molecular complexity index is 454. The van der Waals surface area contributed by atoms with Crippen molar-refractivity contribution in [1.29, 1.82) is 5.26 Å². The number of nitriles is 1. The molecule has 1 saturated heterocycles. The molecule has 0 radical (unpaired) electrons. The molecule has 1 unspecified atom stereocenters. The molecule has 0 amide bonds. The Morgan fingerprint density at radius 2 is 2.56 bits per heavy atom. The van der Waals surface area contributed by atoms with Gasteiger partial charge in [-0.15, -0.1) is 0 Å². The van der Waals surface area contributed by atoms with Gasteiger partial charge >= 0.3 is 0 Å². The van der Waals surface area contributed by atoms with Crippen LogP contribution in [0.5, 0.6) is 5.75 Å². The maximum absolute atomic E-state index is 8.80. The monoisotopic (exact) mass is 216 g/mol. The highest BCUT2D eigenvalue weighted by Gasteiger charge is 2.30. The Labute approximate surface area is 93.6 Å². The second-order valence-corrected chi connectivity index (χ2v) is 4.02. The zero-order chi connectivity index (χ0) is 11.0. The summed E-state index contributed by atoms with van der Waals surface area (Å²) in [6, 6.07) is 4.20. The summed E-state index contributed by atoms with van der Waals surface area (Å²) in [5.74, 6) is 1.61. The van der Waals surface area contributed by atoms with Gasteiger partial charge in [-0.2, -0.15) is 5.26 Å². The summed E-state index contributed by atoms with van der Waals surface area (Å²) < 4.78 is 5.64. The molecule has 1 atom stereocenters. The van der Waals surface area contributed by atoms with Crippen molar-refractivity contribution in [3.63, 3.8) is 0 Å². The van der Waals surface area contributed by atoms with Gasteiger partial charge in [0.2, 0.25) is 0 Å². The molecule has 0 aromatic carbocycles. The molecule has 2 aliphatic heterocycles. The van der Waals surface area contributed by atoms with Gasteiger partial charge < -0.3 is 15.0 Å². The number of aromatic nitrogens is 1. The molecule has 1 fully saturated rings. The zero-order valence-electron chi connectivity index (χ0n) is 8.81. The lowest BCUT2D eigenvalue weighted by Crippen LogP contribution is -2.56. The maximum Gasteiger partial charge on any atom is 0.171 e. The third kappa shape index (κ3) is 1.39. The second-order valence-electron chi connectivity index (χ2n) is 4.02. The van der Waals surface area contributed by atoms with Crippen molar-refractivity contribution < 1.29 is 4.74 Å². The number of hydrogen-bond acceptors (Lipinski definition) is 5. The first-order valence-corrected chi connectivity index (χ1v) is 5.39. The molecule has 0 bridgehead atoms. The molecule has 0 aliphatic carbocycles. The van der Waals surface area contributed by atoms with Crippen LogP contribution in [0.4, 0.5) is 5.82 Å². The molecule has 82 valence electrons. The van der Waals surface area contributed by atoms with Crippen LogP contribution in [-0.2, 0) is 0 Å². The molecule has 2 aliphatic rings. The number of piperazine rings is 1. The minimum Gasteiger partial charge on any atom is -0.487 e. The minimum absolute atomic E-state index is 0.363. The summed E-state index contributed by atoms with van der Waals surface area (Å²) in [5, 5.41) is 12.1. The van der Waals surface area contributed by atoms with Gasteiger partial charge in [0.1, 0.15) is 12.7 Å². The van der Waals surface area contributed by atoms with Crippen molar-refractivity contribution in [2.45, 2.75) is 6.04 Å². The van der Waals surface area contributed by atoms with E-state index in [1.807, 2.05) is 0 Å². The number of pyridine rings is 1. The van der Waals surface area contributed by atoms with Gasteiger partial charge in [0.25, 0.3) is 0 Å². The number of nitrogens with zero attached hydrogens (tertiary/aromatic N) is 3. The van der Waals surface area contributed by atoms with E-state index in [4.69, 9.17) is 10.00 Å². The first kappa shape index (κ1) is 9.43. The van der Waals surface area contributed by atoms with Crippen LogP contribution in [0.2, 0.25) is 0 Å². The number of hydrogen-bond donors (Lipinski definition) is 1. The first-order valence-electron chi connectivity index (χ1n) is 5.39. The lowest BCUT2D eigenvalue weighted by atomic mass is 10.1. The van der Waals surface area contributed by atoms with Crippen molar-refractivity contribution in [1.82, 2.24) is 10.3 Å². The Morgan fingerprint density at radius 1 is 1.62 bits per heavy atom. The van der Waals surface area contributed by atoms with Gasteiger partial charge in [0.15, 0.2) is 11.6 Å². The molecule has 5 heteroatoms. The van der Waals surface area contributed by atoms with Crippen LogP contribution in [0, 0.1) is 11.3 Å². The van der Waals surface area contributed by atoms with Gasteiger partial charge in [-0.3, -0.25) is 0 Å². The standard InChI is InChI=1S/C11H12N4O/c12-4-8-3-10-11(14-5-8)15-2-1-13-6-9(15)7-16-10/h3,5,9,13H,1-2,6-7H2. The van der Waals surface area contributed by atoms with Crippen molar-refractivity contribution in [2.75, 3.05) is 31.1 Å². The summed E-state index contributed by atoms with van der Waals surface area (Å²) in [4.78, 5) is 6.59. The van der Waals surface area contributed by atoms with Crippen LogP contribution in [-0.4, -0.2) is 37.3 Å². The summed E-state index contributed by atoms with van der Waals surface area (Å²) >= 11 is 0. The molecule has 0 spiro atoms. The molecule has 5 nitrogen and oxygen atoms in total. The van der Waals surface area contributed by atoms with Crippen LogP contribution in [0.25, 0.3) is 0 Å². The van der Waals surface area contributed by atoms with E-state index in [9.17, 15) is 0 Å². The topological polar surface area (TPSA) is 61.2 Å². The largest absolute Gasteiger partial charge is 0.487 e. The van der Waals surface area contributed by atoms with E-state index < -0.39 is 0 Å². The molecule has 1 N–H and O–H groups in total. The molecular formula is C11H12N4O. The Kier molecular flexibility index (Phi) is 2.15. The highest BCUT2D eigenvalue weighted by molar-refractivity contribution is 5.57. The SMILES string of the molecule is N#Cc1cnc2c(c1)OCC1CNCCN21. The molecule has 3 rings (SSSR count). The average Bonchev–Trinajstić information content (AvgIpc) is 2.38. The smallest absolute Gasteiger partial charge is 0.171 e. The van der Waals surface area contributed by atoms with E-state index in [0.717, 1.165) is 31.2 Å². The minimum atomic E-state index is 0.363. The number of ether oxygens (including phenoxy) is 1. The molecular weight excluding hydrogens is 204 g/mol. The highest BCUT2D eigenvalue weighted by atomic mass is 16.5. The van der Waals surface area contributed by atoms with E-state index in [-0.39, 0.29) is 0 Å². The van der Waals surface area contributed by atoms with Crippen molar-refractivity contribution in [2.24, 2.45) is 0 Å². The lowest BCUT2D eigenvalue weighted by Gasteiger charge is -2.40. The third-order valence-electron chi connectivity index (χ3n) is 3.02. The van der Waals surface area contributed by atoms with Crippen LogP contribution in [0.15, 0.2) is 12.3 Å². The first-order chi connectivity index (χ1) is 7.88. The predicted octanol–water partition coefficient (Wildman–Crippen LogP) is 0.124. The molecule has 0 saturated carbocycles. The van der Waals surface area contributed by atoms with Crippen LogP contribution in [0.1, 0.15) is 5.56 Å². The van der Waals surface area contributed by atoms with Gasteiger partial charge in [-0.05, 0) is 0 Å².